The van der Waals surface area contributed by atoms with Crippen LogP contribution in [0, 0.1) is 9.39 Å². The van der Waals surface area contributed by atoms with Gasteiger partial charge in [0.15, 0.2) is 11.6 Å². The number of benzene rings is 1. The first-order valence-corrected chi connectivity index (χ1v) is 6.00. The maximum Gasteiger partial charge on any atom is 0.573 e. The zero-order chi connectivity index (χ0) is 15.5. The number of halogens is 5. The van der Waals surface area contributed by atoms with E-state index in [1.54, 1.807) is 22.6 Å². The van der Waals surface area contributed by atoms with Gasteiger partial charge in [0.1, 0.15) is 11.5 Å². The van der Waals surface area contributed by atoms with Gasteiger partial charge in [-0.2, -0.15) is 0 Å². The molecule has 0 spiro atoms. The molecule has 0 unspecified atom stereocenters. The number of aliphatic carboxylic acids is 1. The molecule has 4 nitrogen and oxygen atoms in total. The Morgan fingerprint density at radius 2 is 1.95 bits per heavy atom. The third-order valence-electron chi connectivity index (χ3n) is 1.81. The average molecular weight is 406 g/mol. The highest BCUT2D eigenvalue weighted by Gasteiger charge is 2.32. The molecule has 0 fully saturated rings. The highest BCUT2D eigenvalue weighted by atomic mass is 127. The third kappa shape index (κ3) is 5.23. The van der Waals surface area contributed by atoms with Crippen LogP contribution in [0.4, 0.5) is 17.6 Å². The summed E-state index contributed by atoms with van der Waals surface area (Å²) in [5, 5.41) is 8.48. The minimum Gasteiger partial charge on any atom is -0.478 e. The van der Waals surface area contributed by atoms with Gasteiger partial charge in [-0.05, 0) is 29.5 Å². The van der Waals surface area contributed by atoms with Gasteiger partial charge in [0.2, 0.25) is 0 Å². The number of carbonyl (C=O) groups is 1. The van der Waals surface area contributed by atoms with Crippen molar-refractivity contribution in [2.24, 2.45) is 0 Å². The number of hydrogen-bond donors (Lipinski definition) is 1. The van der Waals surface area contributed by atoms with Crippen LogP contribution in [0.2, 0.25) is 0 Å². The van der Waals surface area contributed by atoms with E-state index < -0.39 is 23.9 Å². The van der Waals surface area contributed by atoms with E-state index in [1.165, 1.54) is 6.92 Å². The lowest BCUT2D eigenvalue weighted by molar-refractivity contribution is -0.275. The summed E-state index contributed by atoms with van der Waals surface area (Å²) in [6.07, 6.45) is -4.28. The van der Waals surface area contributed by atoms with Crippen LogP contribution in [-0.4, -0.2) is 17.4 Å². The molecule has 0 aliphatic carbocycles. The Labute approximate surface area is 124 Å². The predicted molar refractivity (Wildman–Crippen MR) is 67.8 cm³/mol. The van der Waals surface area contributed by atoms with E-state index in [-0.39, 0.29) is 15.1 Å². The van der Waals surface area contributed by atoms with Crippen molar-refractivity contribution in [2.45, 2.75) is 13.3 Å². The molecule has 20 heavy (non-hydrogen) atoms. The van der Waals surface area contributed by atoms with E-state index >= 15 is 0 Å². The number of carboxylic acid groups (broad SMARTS) is 1. The van der Waals surface area contributed by atoms with Gasteiger partial charge in [0.05, 0.1) is 9.65 Å². The quantitative estimate of drug-likeness (QED) is 0.359. The summed E-state index contributed by atoms with van der Waals surface area (Å²) in [6, 6.07) is 1.48. The summed E-state index contributed by atoms with van der Waals surface area (Å²) in [5.74, 6) is -3.71. The predicted octanol–water partition coefficient (Wildman–Crippen LogP) is 3.70. The van der Waals surface area contributed by atoms with Crippen LogP contribution < -0.4 is 9.47 Å². The Morgan fingerprint density at radius 3 is 2.45 bits per heavy atom. The summed E-state index contributed by atoms with van der Waals surface area (Å²) in [5.41, 5.74) is 0. The van der Waals surface area contributed by atoms with E-state index in [9.17, 15) is 22.4 Å². The molecule has 0 aromatic heterocycles. The highest BCUT2D eigenvalue weighted by molar-refractivity contribution is 14.1. The summed E-state index contributed by atoms with van der Waals surface area (Å²) in [4.78, 5) is 10.4. The van der Waals surface area contributed by atoms with Gasteiger partial charge in [0, 0.05) is 12.1 Å². The zero-order valence-electron chi connectivity index (χ0n) is 9.79. The SMILES string of the molecule is CC(=CC(=O)O)Oc1cc(F)c(OC(F)(F)F)cc1I. The molecule has 0 saturated carbocycles. The molecule has 0 aliphatic rings. The fourth-order valence-corrected chi connectivity index (χ4v) is 1.72. The smallest absolute Gasteiger partial charge is 0.478 e. The van der Waals surface area contributed by atoms with E-state index in [4.69, 9.17) is 9.84 Å². The van der Waals surface area contributed by atoms with Crippen LogP contribution in [0.1, 0.15) is 6.92 Å². The van der Waals surface area contributed by atoms with E-state index in [0.29, 0.717) is 6.07 Å². The van der Waals surface area contributed by atoms with Gasteiger partial charge < -0.3 is 14.6 Å². The summed E-state index contributed by atoms with van der Waals surface area (Å²) in [7, 11) is 0. The number of allylic oxidation sites excluding steroid dienone is 1. The second kappa shape index (κ2) is 6.29. The summed E-state index contributed by atoms with van der Waals surface area (Å²) in [6.45, 7) is 1.31. The van der Waals surface area contributed by atoms with Crippen molar-refractivity contribution in [3.05, 3.63) is 33.4 Å². The number of rotatable bonds is 4. The maximum atomic E-state index is 13.4. The van der Waals surface area contributed by atoms with Gasteiger partial charge >= 0.3 is 12.3 Å². The van der Waals surface area contributed by atoms with Crippen LogP contribution in [-0.2, 0) is 4.79 Å². The number of hydrogen-bond acceptors (Lipinski definition) is 3. The molecule has 1 N–H and O–H groups in total. The Kier molecular flexibility index (Phi) is 5.20. The second-order valence-electron chi connectivity index (χ2n) is 3.46. The first kappa shape index (κ1) is 16.5. The summed E-state index contributed by atoms with van der Waals surface area (Å²) < 4.78 is 58.1. The molecule has 0 atom stereocenters. The van der Waals surface area contributed by atoms with Gasteiger partial charge in [-0.15, -0.1) is 13.2 Å². The molecule has 1 rings (SSSR count). The fraction of sp³-hybridized carbons (Fsp3) is 0.182. The fourth-order valence-electron chi connectivity index (χ4n) is 1.17. The Hall–Kier alpha value is -1.52. The zero-order valence-corrected chi connectivity index (χ0v) is 12.0. The van der Waals surface area contributed by atoms with Crippen molar-refractivity contribution in [1.82, 2.24) is 0 Å². The van der Waals surface area contributed by atoms with Gasteiger partial charge in [0.25, 0.3) is 0 Å². The molecule has 110 valence electrons. The van der Waals surface area contributed by atoms with Crippen molar-refractivity contribution in [3.8, 4) is 11.5 Å². The minimum absolute atomic E-state index is 0.0562. The molecule has 1 aromatic carbocycles. The molecular weight excluding hydrogens is 399 g/mol. The Balaban J connectivity index is 3.03. The monoisotopic (exact) mass is 406 g/mol. The maximum absolute atomic E-state index is 13.4. The number of carboxylic acids is 1. The summed E-state index contributed by atoms with van der Waals surface area (Å²) >= 11 is 1.61. The molecule has 0 radical (unpaired) electrons. The standard InChI is InChI=1S/C11H7F4IO4/c1-5(2-10(17)18)19-9-3-6(12)8(4-7(9)16)20-11(13,14)15/h2-4H,1H3,(H,17,18). The van der Waals surface area contributed by atoms with Crippen molar-refractivity contribution in [3.63, 3.8) is 0 Å². The van der Waals surface area contributed by atoms with Gasteiger partial charge in [-0.1, -0.05) is 0 Å². The van der Waals surface area contributed by atoms with Gasteiger partial charge in [-0.3, -0.25) is 0 Å². The molecule has 0 saturated heterocycles. The Bertz CT molecular complexity index is 554. The molecule has 0 aliphatic heterocycles. The molecule has 9 heteroatoms. The lowest BCUT2D eigenvalue weighted by Gasteiger charge is -2.13. The molecule has 0 amide bonds. The molecule has 0 heterocycles. The van der Waals surface area contributed by atoms with Crippen LogP contribution in [0.5, 0.6) is 11.5 Å². The Morgan fingerprint density at radius 1 is 1.35 bits per heavy atom. The van der Waals surface area contributed by atoms with E-state index in [2.05, 4.69) is 4.74 Å². The first-order valence-electron chi connectivity index (χ1n) is 4.92. The largest absolute Gasteiger partial charge is 0.573 e. The molecular formula is C11H7F4IO4. The molecule has 1 aromatic rings. The van der Waals surface area contributed by atoms with E-state index in [0.717, 1.165) is 12.1 Å². The number of alkyl halides is 3. The topological polar surface area (TPSA) is 55.8 Å². The van der Waals surface area contributed by atoms with Crippen molar-refractivity contribution in [2.75, 3.05) is 0 Å². The second-order valence-corrected chi connectivity index (χ2v) is 4.62. The average Bonchev–Trinajstić information content (AvgIpc) is 2.22. The van der Waals surface area contributed by atoms with Crippen molar-refractivity contribution in [1.29, 1.82) is 0 Å². The van der Waals surface area contributed by atoms with Crippen molar-refractivity contribution < 1.29 is 36.9 Å². The van der Waals surface area contributed by atoms with Crippen LogP contribution in [0.3, 0.4) is 0 Å². The normalized spacial score (nSPS) is 12.2. The van der Waals surface area contributed by atoms with Gasteiger partial charge in [-0.25, -0.2) is 9.18 Å². The highest BCUT2D eigenvalue weighted by Crippen LogP contribution is 2.33. The van der Waals surface area contributed by atoms with E-state index in [1.807, 2.05) is 0 Å². The lowest BCUT2D eigenvalue weighted by atomic mass is 10.3. The van der Waals surface area contributed by atoms with Crippen LogP contribution in [0.25, 0.3) is 0 Å². The van der Waals surface area contributed by atoms with Crippen LogP contribution >= 0.6 is 22.6 Å². The number of ether oxygens (including phenoxy) is 2. The lowest BCUT2D eigenvalue weighted by Crippen LogP contribution is -2.18. The first-order chi connectivity index (χ1) is 9.08. The minimum atomic E-state index is -5.01. The third-order valence-corrected chi connectivity index (χ3v) is 2.65. The van der Waals surface area contributed by atoms with Crippen LogP contribution in [0.15, 0.2) is 24.0 Å². The molecule has 0 bridgehead atoms. The van der Waals surface area contributed by atoms with Crippen molar-refractivity contribution >= 4 is 28.6 Å².